The molecule has 14 heavy (non-hydrogen) atoms. The van der Waals surface area contributed by atoms with Crippen LogP contribution in [0.25, 0.3) is 0 Å². The highest BCUT2D eigenvalue weighted by molar-refractivity contribution is 5.17. The average molecular weight is 196 g/mol. The highest BCUT2D eigenvalue weighted by Gasteiger charge is 2.80. The zero-order valence-corrected chi connectivity index (χ0v) is 9.21. The minimum atomic E-state index is 0.0409. The van der Waals surface area contributed by atoms with Crippen molar-refractivity contribution in [1.82, 2.24) is 0 Å². The van der Waals surface area contributed by atoms with Crippen molar-refractivity contribution in [2.45, 2.75) is 50.7 Å². The minimum Gasteiger partial charge on any atom is -0.387 e. The monoisotopic (exact) mass is 196 g/mol. The van der Waals surface area contributed by atoms with Crippen molar-refractivity contribution in [3.8, 4) is 0 Å². The molecule has 1 spiro atoms. The summed E-state index contributed by atoms with van der Waals surface area (Å²) in [6, 6.07) is 0. The van der Waals surface area contributed by atoms with Crippen molar-refractivity contribution in [1.29, 1.82) is 0 Å². The maximum atomic E-state index is 9.92. The van der Waals surface area contributed by atoms with E-state index in [9.17, 15) is 5.11 Å². The van der Waals surface area contributed by atoms with Crippen LogP contribution in [0.4, 0.5) is 0 Å². The molecule has 0 aromatic heterocycles. The Morgan fingerprint density at radius 1 is 1.43 bits per heavy atom. The Labute approximate surface area is 86.5 Å². The largest absolute Gasteiger partial charge is 0.387 e. The molecule has 3 rings (SSSR count). The van der Waals surface area contributed by atoms with E-state index in [1.165, 1.54) is 49.7 Å². The van der Waals surface area contributed by atoms with Crippen molar-refractivity contribution in [3.63, 3.8) is 0 Å². The number of unbranched alkanes of at least 4 members (excludes halogenated alkanes) is 2. The molecule has 0 radical (unpaired) electrons. The maximum absolute atomic E-state index is 9.92. The number of quaternary nitrogens is 1. The lowest BCUT2D eigenvalue weighted by atomic mass is 9.95. The molecule has 2 aliphatic heterocycles. The summed E-state index contributed by atoms with van der Waals surface area (Å²) < 4.78 is 1.30. The standard InChI is InChI=1S/C12H22NO/c1-2-3-4-6-13-7-5-12(13)8-10(12)11(14)9-13/h10-11,14H,2-9H2,1H3/q+1. The molecule has 2 heterocycles. The van der Waals surface area contributed by atoms with Gasteiger partial charge in [-0.15, -0.1) is 0 Å². The Morgan fingerprint density at radius 3 is 2.79 bits per heavy atom. The second-order valence-corrected chi connectivity index (χ2v) is 5.71. The van der Waals surface area contributed by atoms with Crippen LogP contribution in [-0.2, 0) is 0 Å². The molecule has 4 unspecified atom stereocenters. The van der Waals surface area contributed by atoms with Crippen LogP contribution in [0.1, 0.15) is 39.0 Å². The quantitative estimate of drug-likeness (QED) is 0.534. The molecule has 4 atom stereocenters. The van der Waals surface area contributed by atoms with Crippen LogP contribution in [-0.4, -0.2) is 40.9 Å². The van der Waals surface area contributed by atoms with Gasteiger partial charge in [-0.25, -0.2) is 0 Å². The normalized spacial score (nSPS) is 53.6. The van der Waals surface area contributed by atoms with Gasteiger partial charge in [-0.05, 0) is 12.8 Å². The van der Waals surface area contributed by atoms with Gasteiger partial charge in [0.1, 0.15) is 18.2 Å². The lowest BCUT2D eigenvalue weighted by Gasteiger charge is -2.51. The molecular formula is C12H22NO+. The number of nitrogens with zero attached hydrogens (tertiary/aromatic N) is 1. The minimum absolute atomic E-state index is 0.0409. The number of hydrogen-bond acceptors (Lipinski definition) is 1. The summed E-state index contributed by atoms with van der Waals surface area (Å²) in [4.78, 5) is 0. The predicted molar refractivity (Wildman–Crippen MR) is 55.8 cm³/mol. The summed E-state index contributed by atoms with van der Waals surface area (Å²) >= 11 is 0. The smallest absolute Gasteiger partial charge is 0.112 e. The average Bonchev–Trinajstić information content (AvgIpc) is 2.88. The van der Waals surface area contributed by atoms with E-state index in [2.05, 4.69) is 6.92 Å². The first-order valence-electron chi connectivity index (χ1n) is 6.28. The third-order valence-corrected chi connectivity index (χ3v) is 5.21. The SMILES string of the molecule is CCCCC[N+]12CCC13CC3C(O)C2. The molecule has 80 valence electrons. The van der Waals surface area contributed by atoms with Gasteiger partial charge in [0.25, 0.3) is 0 Å². The summed E-state index contributed by atoms with van der Waals surface area (Å²) in [6.45, 7) is 6.05. The molecule has 3 fully saturated rings. The Balaban J connectivity index is 1.66. The summed E-state index contributed by atoms with van der Waals surface area (Å²) in [5, 5.41) is 9.92. The fourth-order valence-corrected chi connectivity index (χ4v) is 4.21. The molecule has 3 aliphatic rings. The molecule has 0 amide bonds. The Hall–Kier alpha value is -0.0800. The summed E-state index contributed by atoms with van der Waals surface area (Å²) in [7, 11) is 0. The van der Waals surface area contributed by atoms with Crippen molar-refractivity contribution in [3.05, 3.63) is 0 Å². The molecule has 0 aromatic carbocycles. The summed E-state index contributed by atoms with van der Waals surface area (Å²) in [6.07, 6.45) is 6.84. The Kier molecular flexibility index (Phi) is 1.79. The van der Waals surface area contributed by atoms with Crippen LogP contribution < -0.4 is 0 Å². The molecule has 1 saturated carbocycles. The van der Waals surface area contributed by atoms with Crippen LogP contribution >= 0.6 is 0 Å². The van der Waals surface area contributed by atoms with Gasteiger partial charge in [-0.1, -0.05) is 13.3 Å². The molecular weight excluding hydrogens is 174 g/mol. The summed E-state index contributed by atoms with van der Waals surface area (Å²) in [5.74, 6) is 0.692. The van der Waals surface area contributed by atoms with Crippen molar-refractivity contribution in [2.24, 2.45) is 5.92 Å². The topological polar surface area (TPSA) is 20.2 Å². The zero-order valence-electron chi connectivity index (χ0n) is 9.21. The third kappa shape index (κ3) is 0.892. The molecule has 2 nitrogen and oxygen atoms in total. The molecule has 1 aliphatic carbocycles. The van der Waals surface area contributed by atoms with Gasteiger partial charge in [0.15, 0.2) is 0 Å². The Bertz CT molecular complexity index is 255. The van der Waals surface area contributed by atoms with E-state index in [0.717, 1.165) is 6.54 Å². The van der Waals surface area contributed by atoms with Crippen molar-refractivity contribution < 1.29 is 9.59 Å². The maximum Gasteiger partial charge on any atom is 0.112 e. The van der Waals surface area contributed by atoms with Crippen LogP contribution in [0.3, 0.4) is 0 Å². The molecule has 2 saturated heterocycles. The van der Waals surface area contributed by atoms with Gasteiger partial charge in [0.2, 0.25) is 0 Å². The van der Waals surface area contributed by atoms with Crippen LogP contribution in [0, 0.1) is 5.92 Å². The summed E-state index contributed by atoms with van der Waals surface area (Å²) in [5.41, 5.74) is 0.604. The van der Waals surface area contributed by atoms with Crippen molar-refractivity contribution >= 4 is 0 Å². The van der Waals surface area contributed by atoms with Gasteiger partial charge in [-0.3, -0.25) is 0 Å². The van der Waals surface area contributed by atoms with Gasteiger partial charge < -0.3 is 9.59 Å². The van der Waals surface area contributed by atoms with Gasteiger partial charge in [0, 0.05) is 6.42 Å². The van der Waals surface area contributed by atoms with E-state index in [0.29, 0.717) is 11.5 Å². The fraction of sp³-hybridized carbons (Fsp3) is 1.00. The lowest BCUT2D eigenvalue weighted by molar-refractivity contribution is -0.994. The highest BCUT2D eigenvalue weighted by Crippen LogP contribution is 2.67. The lowest BCUT2D eigenvalue weighted by Crippen LogP contribution is -2.66. The van der Waals surface area contributed by atoms with Gasteiger partial charge >= 0.3 is 0 Å². The molecule has 2 heteroatoms. The number of piperidine rings is 1. The van der Waals surface area contributed by atoms with E-state index in [-0.39, 0.29) is 6.10 Å². The van der Waals surface area contributed by atoms with E-state index in [4.69, 9.17) is 0 Å². The third-order valence-electron chi connectivity index (χ3n) is 5.21. The molecule has 0 bridgehead atoms. The number of rotatable bonds is 4. The van der Waals surface area contributed by atoms with Gasteiger partial charge in [0.05, 0.1) is 25.4 Å². The number of hydrogen-bond donors (Lipinski definition) is 1. The Morgan fingerprint density at radius 2 is 2.29 bits per heavy atom. The first-order valence-corrected chi connectivity index (χ1v) is 6.28. The van der Waals surface area contributed by atoms with E-state index >= 15 is 0 Å². The van der Waals surface area contributed by atoms with Crippen molar-refractivity contribution in [2.75, 3.05) is 19.6 Å². The van der Waals surface area contributed by atoms with Crippen LogP contribution in [0.2, 0.25) is 0 Å². The number of aliphatic hydroxyl groups is 1. The van der Waals surface area contributed by atoms with E-state index < -0.39 is 0 Å². The second-order valence-electron chi connectivity index (χ2n) is 5.71. The van der Waals surface area contributed by atoms with Gasteiger partial charge in [-0.2, -0.15) is 0 Å². The molecule has 1 N–H and O–H groups in total. The predicted octanol–water partition coefficient (Wildman–Crippen LogP) is 1.53. The zero-order chi connectivity index (χ0) is 9.81. The second kappa shape index (κ2) is 2.73. The van der Waals surface area contributed by atoms with E-state index in [1.54, 1.807) is 0 Å². The highest BCUT2D eigenvalue weighted by atomic mass is 16.3. The number of aliphatic hydroxyl groups excluding tert-OH is 1. The van der Waals surface area contributed by atoms with Crippen LogP contribution in [0.5, 0.6) is 0 Å². The first kappa shape index (κ1) is 9.17. The van der Waals surface area contributed by atoms with Crippen LogP contribution in [0.15, 0.2) is 0 Å². The first-order chi connectivity index (χ1) is 6.74. The molecule has 0 aromatic rings. The van der Waals surface area contributed by atoms with E-state index in [1.807, 2.05) is 0 Å². The fourth-order valence-electron chi connectivity index (χ4n) is 4.21.